The topological polar surface area (TPSA) is 52.2 Å². The van der Waals surface area contributed by atoms with Crippen molar-refractivity contribution < 1.29 is 0 Å². The Bertz CT molecular complexity index is 1120. The van der Waals surface area contributed by atoms with Gasteiger partial charge in [0.05, 0.1) is 5.39 Å². The molecule has 3 heterocycles. The van der Waals surface area contributed by atoms with Gasteiger partial charge < -0.3 is 0 Å². The number of aromatic nitrogens is 4. The Balaban J connectivity index is 2.01. The number of hydrogen-bond donors (Lipinski definition) is 0. The summed E-state index contributed by atoms with van der Waals surface area (Å²) in [4.78, 5) is 19.9. The summed E-state index contributed by atoms with van der Waals surface area (Å²) >= 11 is 1.68. The van der Waals surface area contributed by atoms with Crippen molar-refractivity contribution in [1.82, 2.24) is 19.2 Å². The van der Waals surface area contributed by atoms with Gasteiger partial charge in [-0.15, -0.1) is 16.4 Å². The van der Waals surface area contributed by atoms with Crippen LogP contribution in [0.25, 0.3) is 15.9 Å². The monoisotopic (exact) mass is 352 g/mol. The average Bonchev–Trinajstić information content (AvgIpc) is 3.17. The van der Waals surface area contributed by atoms with Gasteiger partial charge in [-0.05, 0) is 31.4 Å². The van der Waals surface area contributed by atoms with Gasteiger partial charge in [-0.2, -0.15) is 4.52 Å². The second kappa shape index (κ2) is 6.11. The van der Waals surface area contributed by atoms with Gasteiger partial charge in [0.1, 0.15) is 4.83 Å². The molecule has 0 aliphatic carbocycles. The molecular formula is C19H20N4OS. The van der Waals surface area contributed by atoms with E-state index in [0.717, 1.165) is 22.2 Å². The van der Waals surface area contributed by atoms with E-state index in [2.05, 4.69) is 31.1 Å². The highest BCUT2D eigenvalue weighted by molar-refractivity contribution is 7.19. The number of fused-ring (bicyclic) bond motifs is 3. The summed E-state index contributed by atoms with van der Waals surface area (Å²) in [5.41, 5.74) is 2.99. The first-order chi connectivity index (χ1) is 12.1. The molecule has 0 aliphatic rings. The van der Waals surface area contributed by atoms with Crippen molar-refractivity contribution in [2.24, 2.45) is 0 Å². The van der Waals surface area contributed by atoms with E-state index in [4.69, 9.17) is 4.98 Å². The lowest BCUT2D eigenvalue weighted by Crippen LogP contribution is -2.26. The fourth-order valence-electron chi connectivity index (χ4n) is 3.39. The molecule has 3 aromatic heterocycles. The van der Waals surface area contributed by atoms with Crippen LogP contribution in [0.2, 0.25) is 0 Å². The third-order valence-corrected chi connectivity index (χ3v) is 5.77. The first-order valence-electron chi connectivity index (χ1n) is 8.58. The van der Waals surface area contributed by atoms with E-state index >= 15 is 0 Å². The SMILES string of the molecule is CCc1c(C)sc2c1c1nc(Cc3ccccc3)nn1c(=O)n2CC. The van der Waals surface area contributed by atoms with Crippen molar-refractivity contribution in [2.75, 3.05) is 0 Å². The van der Waals surface area contributed by atoms with Crippen LogP contribution in [-0.4, -0.2) is 19.2 Å². The number of nitrogens with zero attached hydrogens (tertiary/aromatic N) is 4. The summed E-state index contributed by atoms with van der Waals surface area (Å²) < 4.78 is 3.29. The van der Waals surface area contributed by atoms with E-state index in [0.29, 0.717) is 24.4 Å². The van der Waals surface area contributed by atoms with Gasteiger partial charge in [0.2, 0.25) is 0 Å². The zero-order valence-electron chi connectivity index (χ0n) is 14.6. The minimum absolute atomic E-state index is 0.110. The molecule has 0 bridgehead atoms. The van der Waals surface area contributed by atoms with Gasteiger partial charge in [0.25, 0.3) is 0 Å². The van der Waals surface area contributed by atoms with Crippen molar-refractivity contribution in [3.05, 3.63) is 62.6 Å². The molecule has 1 aromatic carbocycles. The molecule has 128 valence electrons. The molecule has 4 rings (SSSR count). The highest BCUT2D eigenvalue weighted by atomic mass is 32.1. The second-order valence-corrected chi connectivity index (χ2v) is 7.33. The van der Waals surface area contributed by atoms with E-state index < -0.39 is 0 Å². The molecule has 0 aliphatic heterocycles. The van der Waals surface area contributed by atoms with Crippen LogP contribution in [0.1, 0.15) is 35.7 Å². The van der Waals surface area contributed by atoms with Crippen molar-refractivity contribution in [1.29, 1.82) is 0 Å². The van der Waals surface area contributed by atoms with Crippen LogP contribution in [0.3, 0.4) is 0 Å². The first-order valence-corrected chi connectivity index (χ1v) is 9.40. The number of aryl methyl sites for hydroxylation is 3. The maximum Gasteiger partial charge on any atom is 0.351 e. The number of hydrogen-bond acceptors (Lipinski definition) is 4. The molecule has 4 aromatic rings. The van der Waals surface area contributed by atoms with E-state index in [9.17, 15) is 4.79 Å². The zero-order chi connectivity index (χ0) is 17.6. The number of benzene rings is 1. The minimum Gasteiger partial charge on any atom is -0.283 e. The van der Waals surface area contributed by atoms with Gasteiger partial charge >= 0.3 is 5.69 Å². The van der Waals surface area contributed by atoms with E-state index in [1.165, 1.54) is 15.0 Å². The molecule has 5 nitrogen and oxygen atoms in total. The molecule has 6 heteroatoms. The largest absolute Gasteiger partial charge is 0.351 e. The van der Waals surface area contributed by atoms with E-state index in [-0.39, 0.29) is 5.69 Å². The van der Waals surface area contributed by atoms with Crippen molar-refractivity contribution in [3.8, 4) is 0 Å². The molecule has 0 amide bonds. The van der Waals surface area contributed by atoms with Crippen molar-refractivity contribution >= 4 is 27.2 Å². The maximum absolute atomic E-state index is 12.9. The summed E-state index contributed by atoms with van der Waals surface area (Å²) in [6, 6.07) is 10.1. The molecule has 0 saturated heterocycles. The van der Waals surface area contributed by atoms with Gasteiger partial charge in [-0.25, -0.2) is 9.78 Å². The number of thiophene rings is 1. The summed E-state index contributed by atoms with van der Waals surface area (Å²) in [7, 11) is 0. The average molecular weight is 352 g/mol. The van der Waals surface area contributed by atoms with Crippen LogP contribution < -0.4 is 5.69 Å². The quantitative estimate of drug-likeness (QED) is 0.564. The van der Waals surface area contributed by atoms with Gasteiger partial charge in [-0.3, -0.25) is 4.57 Å². The first kappa shape index (κ1) is 16.0. The molecule has 0 unspecified atom stereocenters. The fraction of sp³-hybridized carbons (Fsp3) is 0.316. The summed E-state index contributed by atoms with van der Waals surface area (Å²) in [6.07, 6.45) is 1.55. The Morgan fingerprint density at radius 1 is 1.16 bits per heavy atom. The predicted molar refractivity (Wildman–Crippen MR) is 102 cm³/mol. The Labute approximate surface area is 149 Å². The fourth-order valence-corrected chi connectivity index (χ4v) is 4.69. The molecule has 0 N–H and O–H groups in total. The van der Waals surface area contributed by atoms with Crippen LogP contribution in [0.5, 0.6) is 0 Å². The summed E-state index contributed by atoms with van der Waals surface area (Å²) in [5, 5.41) is 5.61. The lowest BCUT2D eigenvalue weighted by atomic mass is 10.1. The van der Waals surface area contributed by atoms with Gasteiger partial charge in [0.15, 0.2) is 11.5 Å². The van der Waals surface area contributed by atoms with Crippen LogP contribution in [0.4, 0.5) is 0 Å². The molecule has 25 heavy (non-hydrogen) atoms. The highest BCUT2D eigenvalue weighted by Gasteiger charge is 2.20. The Morgan fingerprint density at radius 2 is 1.92 bits per heavy atom. The van der Waals surface area contributed by atoms with Gasteiger partial charge in [0, 0.05) is 17.8 Å². The second-order valence-electron chi connectivity index (χ2n) is 6.12. The normalized spacial score (nSPS) is 11.6. The summed E-state index contributed by atoms with van der Waals surface area (Å²) in [6.45, 7) is 6.89. The Morgan fingerprint density at radius 3 is 2.60 bits per heavy atom. The maximum atomic E-state index is 12.9. The van der Waals surface area contributed by atoms with Crippen LogP contribution in [0.15, 0.2) is 35.1 Å². The molecule has 0 saturated carbocycles. The van der Waals surface area contributed by atoms with Gasteiger partial charge in [-0.1, -0.05) is 37.3 Å². The van der Waals surface area contributed by atoms with E-state index in [1.807, 2.05) is 25.1 Å². The third-order valence-electron chi connectivity index (χ3n) is 4.60. The van der Waals surface area contributed by atoms with E-state index in [1.54, 1.807) is 15.9 Å². The standard InChI is InChI=1S/C19H20N4OS/c1-4-14-12(3)25-18-16(14)17-20-15(11-13-9-7-6-8-10-13)21-23(17)19(24)22(18)5-2/h6-10H,4-5,11H2,1-3H3. The summed E-state index contributed by atoms with van der Waals surface area (Å²) in [5.74, 6) is 0.685. The predicted octanol–water partition coefficient (Wildman–Crippen LogP) is 3.59. The Kier molecular flexibility index (Phi) is 3.92. The molecule has 0 fully saturated rings. The van der Waals surface area contributed by atoms with Crippen molar-refractivity contribution in [2.45, 2.75) is 40.2 Å². The van der Waals surface area contributed by atoms with Crippen LogP contribution >= 0.6 is 11.3 Å². The smallest absolute Gasteiger partial charge is 0.283 e. The third kappa shape index (κ3) is 2.48. The molecular weight excluding hydrogens is 332 g/mol. The van der Waals surface area contributed by atoms with Crippen LogP contribution in [0, 0.1) is 6.92 Å². The van der Waals surface area contributed by atoms with Crippen LogP contribution in [-0.2, 0) is 19.4 Å². The lowest BCUT2D eigenvalue weighted by Gasteiger charge is -2.05. The van der Waals surface area contributed by atoms with Crippen molar-refractivity contribution in [3.63, 3.8) is 0 Å². The minimum atomic E-state index is -0.110. The molecule has 0 atom stereocenters. The Hall–Kier alpha value is -2.47. The highest BCUT2D eigenvalue weighted by Crippen LogP contribution is 2.32. The zero-order valence-corrected chi connectivity index (χ0v) is 15.4. The molecule has 0 radical (unpaired) electrons. The molecule has 0 spiro atoms. The lowest BCUT2D eigenvalue weighted by molar-refractivity contribution is 0.693. The number of rotatable bonds is 4.